The van der Waals surface area contributed by atoms with E-state index in [4.69, 9.17) is 9.47 Å². The number of hydrogen-bond acceptors (Lipinski definition) is 5. The van der Waals surface area contributed by atoms with Crippen LogP contribution in [0.4, 0.5) is 0 Å². The van der Waals surface area contributed by atoms with Gasteiger partial charge in [0.1, 0.15) is 5.75 Å². The highest BCUT2D eigenvalue weighted by Gasteiger charge is 2.12. The summed E-state index contributed by atoms with van der Waals surface area (Å²) in [7, 11) is 1.60. The Kier molecular flexibility index (Phi) is 3.57. The lowest BCUT2D eigenvalue weighted by Gasteiger charge is -2.01. The summed E-state index contributed by atoms with van der Waals surface area (Å²) in [6.45, 7) is 2.06. The van der Waals surface area contributed by atoms with E-state index in [0.717, 1.165) is 11.4 Å². The number of ether oxygens (including phenoxy) is 2. The van der Waals surface area contributed by atoms with Crippen LogP contribution in [-0.4, -0.2) is 34.7 Å². The zero-order chi connectivity index (χ0) is 13.0. The summed E-state index contributed by atoms with van der Waals surface area (Å²) >= 11 is 0. The molecule has 6 heteroatoms. The second kappa shape index (κ2) is 5.31. The van der Waals surface area contributed by atoms with E-state index in [1.165, 1.54) is 10.9 Å². The van der Waals surface area contributed by atoms with Crippen LogP contribution in [0.2, 0.25) is 0 Å². The van der Waals surface area contributed by atoms with E-state index in [1.807, 2.05) is 12.1 Å². The molecule has 6 nitrogen and oxygen atoms in total. The van der Waals surface area contributed by atoms with Crippen molar-refractivity contribution in [3.63, 3.8) is 0 Å². The van der Waals surface area contributed by atoms with Crippen molar-refractivity contribution in [2.45, 2.75) is 6.92 Å². The molecule has 0 fully saturated rings. The monoisotopic (exact) mass is 247 g/mol. The summed E-state index contributed by atoms with van der Waals surface area (Å²) in [6, 6.07) is 7.26. The minimum absolute atomic E-state index is 0.188. The summed E-state index contributed by atoms with van der Waals surface area (Å²) in [5.41, 5.74) is 0.978. The average molecular weight is 247 g/mol. The zero-order valence-corrected chi connectivity index (χ0v) is 10.2. The van der Waals surface area contributed by atoms with Gasteiger partial charge in [0.15, 0.2) is 5.69 Å². The quantitative estimate of drug-likeness (QED) is 0.765. The highest BCUT2D eigenvalue weighted by atomic mass is 16.5. The van der Waals surface area contributed by atoms with Crippen molar-refractivity contribution in [3.05, 3.63) is 36.2 Å². The van der Waals surface area contributed by atoms with Gasteiger partial charge in [-0.25, -0.2) is 9.48 Å². The Morgan fingerprint density at radius 3 is 2.67 bits per heavy atom. The fourth-order valence-corrected chi connectivity index (χ4v) is 1.42. The van der Waals surface area contributed by atoms with Crippen molar-refractivity contribution in [2.75, 3.05) is 13.7 Å². The van der Waals surface area contributed by atoms with Gasteiger partial charge < -0.3 is 9.47 Å². The topological polar surface area (TPSA) is 66.2 Å². The highest BCUT2D eigenvalue weighted by Crippen LogP contribution is 2.14. The van der Waals surface area contributed by atoms with Crippen LogP contribution < -0.4 is 4.74 Å². The first-order valence-electron chi connectivity index (χ1n) is 5.48. The Labute approximate surface area is 104 Å². The van der Waals surface area contributed by atoms with Crippen LogP contribution in [0.5, 0.6) is 5.75 Å². The SMILES string of the molecule is CCOC(=O)c1cn(-c2ccc(OC)cc2)nn1. The lowest BCUT2D eigenvalue weighted by Crippen LogP contribution is -2.04. The number of rotatable bonds is 4. The molecule has 0 spiro atoms. The molecular weight excluding hydrogens is 234 g/mol. The molecule has 1 aromatic carbocycles. The minimum Gasteiger partial charge on any atom is -0.497 e. The molecule has 0 N–H and O–H groups in total. The zero-order valence-electron chi connectivity index (χ0n) is 10.2. The Balaban J connectivity index is 2.20. The number of hydrogen-bond donors (Lipinski definition) is 0. The molecule has 0 radical (unpaired) electrons. The van der Waals surface area contributed by atoms with Crippen molar-refractivity contribution in [1.29, 1.82) is 0 Å². The van der Waals surface area contributed by atoms with Crippen molar-refractivity contribution in [2.24, 2.45) is 0 Å². The predicted octanol–water partition coefficient (Wildman–Crippen LogP) is 1.45. The van der Waals surface area contributed by atoms with E-state index in [9.17, 15) is 4.79 Å². The number of carbonyl (C=O) groups excluding carboxylic acids is 1. The van der Waals surface area contributed by atoms with Gasteiger partial charge in [0, 0.05) is 0 Å². The summed E-state index contributed by atoms with van der Waals surface area (Å²) in [5.74, 6) is 0.279. The maximum atomic E-state index is 11.4. The molecule has 0 atom stereocenters. The van der Waals surface area contributed by atoms with Crippen LogP contribution in [0.15, 0.2) is 30.5 Å². The third-order valence-electron chi connectivity index (χ3n) is 2.31. The van der Waals surface area contributed by atoms with Crippen molar-refractivity contribution in [1.82, 2.24) is 15.0 Å². The molecule has 2 rings (SSSR count). The van der Waals surface area contributed by atoms with Crippen molar-refractivity contribution >= 4 is 5.97 Å². The largest absolute Gasteiger partial charge is 0.497 e. The van der Waals surface area contributed by atoms with Crippen LogP contribution in [0.1, 0.15) is 17.4 Å². The van der Waals surface area contributed by atoms with Gasteiger partial charge in [0.2, 0.25) is 0 Å². The van der Waals surface area contributed by atoms with Crippen molar-refractivity contribution < 1.29 is 14.3 Å². The Morgan fingerprint density at radius 2 is 2.06 bits per heavy atom. The van der Waals surface area contributed by atoms with Gasteiger partial charge in [-0.2, -0.15) is 0 Å². The summed E-state index contributed by atoms with van der Waals surface area (Å²) in [4.78, 5) is 11.4. The van der Waals surface area contributed by atoms with Gasteiger partial charge in [-0.3, -0.25) is 0 Å². The van der Waals surface area contributed by atoms with E-state index in [-0.39, 0.29) is 5.69 Å². The summed E-state index contributed by atoms with van der Waals surface area (Å²) in [6.07, 6.45) is 1.53. The fourth-order valence-electron chi connectivity index (χ4n) is 1.42. The Bertz CT molecular complexity index is 534. The maximum Gasteiger partial charge on any atom is 0.360 e. The molecule has 0 saturated heterocycles. The molecule has 18 heavy (non-hydrogen) atoms. The number of benzene rings is 1. The minimum atomic E-state index is -0.475. The lowest BCUT2D eigenvalue weighted by molar-refractivity contribution is 0.0519. The average Bonchev–Trinajstić information content (AvgIpc) is 2.89. The van der Waals surface area contributed by atoms with Crippen LogP contribution in [0, 0.1) is 0 Å². The van der Waals surface area contributed by atoms with Crippen LogP contribution in [-0.2, 0) is 4.74 Å². The van der Waals surface area contributed by atoms with E-state index >= 15 is 0 Å². The smallest absolute Gasteiger partial charge is 0.360 e. The van der Waals surface area contributed by atoms with Gasteiger partial charge in [-0.05, 0) is 31.2 Å². The van der Waals surface area contributed by atoms with Gasteiger partial charge >= 0.3 is 5.97 Å². The maximum absolute atomic E-state index is 11.4. The molecule has 0 unspecified atom stereocenters. The summed E-state index contributed by atoms with van der Waals surface area (Å²) in [5, 5.41) is 7.63. The number of nitrogens with zero attached hydrogens (tertiary/aromatic N) is 3. The molecule has 2 aromatic rings. The van der Waals surface area contributed by atoms with E-state index in [0.29, 0.717) is 6.61 Å². The van der Waals surface area contributed by atoms with E-state index in [2.05, 4.69) is 10.3 Å². The normalized spacial score (nSPS) is 10.1. The molecule has 0 aliphatic carbocycles. The van der Waals surface area contributed by atoms with E-state index in [1.54, 1.807) is 26.2 Å². The molecule has 94 valence electrons. The van der Waals surface area contributed by atoms with Crippen molar-refractivity contribution in [3.8, 4) is 11.4 Å². The number of methoxy groups -OCH3 is 1. The number of carbonyl (C=O) groups is 1. The van der Waals surface area contributed by atoms with Gasteiger partial charge in [0.05, 0.1) is 25.6 Å². The van der Waals surface area contributed by atoms with E-state index < -0.39 is 5.97 Å². The molecule has 0 aliphatic rings. The molecule has 1 aromatic heterocycles. The number of esters is 1. The molecular formula is C12H13N3O3. The third-order valence-corrected chi connectivity index (χ3v) is 2.31. The van der Waals surface area contributed by atoms with Crippen LogP contribution in [0.25, 0.3) is 5.69 Å². The summed E-state index contributed by atoms with van der Waals surface area (Å²) < 4.78 is 11.4. The predicted molar refractivity (Wildman–Crippen MR) is 63.9 cm³/mol. The molecule has 0 bridgehead atoms. The Morgan fingerprint density at radius 1 is 1.33 bits per heavy atom. The molecule has 0 aliphatic heterocycles. The molecule has 0 saturated carbocycles. The van der Waals surface area contributed by atoms with Gasteiger partial charge in [0.25, 0.3) is 0 Å². The van der Waals surface area contributed by atoms with Crippen LogP contribution in [0.3, 0.4) is 0 Å². The second-order valence-electron chi connectivity index (χ2n) is 3.47. The second-order valence-corrected chi connectivity index (χ2v) is 3.47. The third kappa shape index (κ3) is 2.48. The first kappa shape index (κ1) is 12.1. The van der Waals surface area contributed by atoms with Crippen LogP contribution >= 0.6 is 0 Å². The van der Waals surface area contributed by atoms with Gasteiger partial charge in [-0.1, -0.05) is 5.21 Å². The molecule has 1 heterocycles. The number of aromatic nitrogens is 3. The highest BCUT2D eigenvalue weighted by molar-refractivity contribution is 5.86. The Hall–Kier alpha value is -2.37. The van der Waals surface area contributed by atoms with Gasteiger partial charge in [-0.15, -0.1) is 5.10 Å². The standard InChI is InChI=1S/C12H13N3O3/c1-3-18-12(16)11-8-15(14-13-11)9-4-6-10(17-2)7-5-9/h4-8H,3H2,1-2H3. The lowest BCUT2D eigenvalue weighted by atomic mass is 10.3. The fraction of sp³-hybridized carbons (Fsp3) is 0.250. The first-order valence-corrected chi connectivity index (χ1v) is 5.48. The molecule has 0 amide bonds. The first-order chi connectivity index (χ1) is 8.74.